The Morgan fingerprint density at radius 1 is 1.11 bits per heavy atom. The Morgan fingerprint density at radius 2 is 1.89 bits per heavy atom. The molecular weight excluding hydrogens is 368 g/mol. The Bertz CT molecular complexity index is 991. The van der Waals surface area contributed by atoms with Gasteiger partial charge in [-0.25, -0.2) is 13.2 Å². The van der Waals surface area contributed by atoms with Gasteiger partial charge in [-0.15, -0.1) is 0 Å². The average Bonchev–Trinajstić information content (AvgIpc) is 2.76. The normalized spacial score (nSPS) is 15.2. The third-order valence-corrected chi connectivity index (χ3v) is 5.96. The van der Waals surface area contributed by atoms with E-state index in [4.69, 9.17) is 9.47 Å². The van der Waals surface area contributed by atoms with Crippen LogP contribution >= 0.6 is 0 Å². The molecule has 27 heavy (non-hydrogen) atoms. The van der Waals surface area contributed by atoms with Crippen LogP contribution in [-0.4, -0.2) is 31.9 Å². The molecule has 2 aromatic rings. The molecule has 0 spiro atoms. The van der Waals surface area contributed by atoms with E-state index < -0.39 is 15.8 Å². The van der Waals surface area contributed by atoms with Crippen molar-refractivity contribution in [3.05, 3.63) is 59.2 Å². The molecule has 1 heterocycles. The van der Waals surface area contributed by atoms with Crippen molar-refractivity contribution in [2.45, 2.75) is 24.8 Å². The molecule has 142 valence electrons. The minimum absolute atomic E-state index is 0.0211. The molecule has 2 aromatic carbocycles. The number of ether oxygens (including phenoxy) is 2. The van der Waals surface area contributed by atoms with Crippen LogP contribution < -0.4 is 9.47 Å². The van der Waals surface area contributed by atoms with Gasteiger partial charge in [0.15, 0.2) is 9.84 Å². The summed E-state index contributed by atoms with van der Waals surface area (Å²) in [5.74, 6) is -0.117. The maximum atomic E-state index is 12.4. The van der Waals surface area contributed by atoms with Crippen LogP contribution in [0.15, 0.2) is 52.9 Å². The predicted molar refractivity (Wildman–Crippen MR) is 101 cm³/mol. The monoisotopic (exact) mass is 388 g/mol. The zero-order valence-electron chi connectivity index (χ0n) is 14.8. The molecule has 6 nitrogen and oxygen atoms in total. The number of hydrogen-bond acceptors (Lipinski definition) is 5. The van der Waals surface area contributed by atoms with E-state index in [2.05, 4.69) is 0 Å². The van der Waals surface area contributed by atoms with Crippen LogP contribution in [0.4, 0.5) is 0 Å². The lowest BCUT2D eigenvalue weighted by molar-refractivity contribution is -0.132. The third kappa shape index (κ3) is 4.49. The fourth-order valence-electron chi connectivity index (χ4n) is 2.85. The first kappa shape index (κ1) is 19.0. The Kier molecular flexibility index (Phi) is 5.51. The highest BCUT2D eigenvalue weighted by atomic mass is 32.2. The fourth-order valence-corrected chi connectivity index (χ4v) is 4.31. The first-order chi connectivity index (χ1) is 12.9. The summed E-state index contributed by atoms with van der Waals surface area (Å²) in [6, 6.07) is 12.1. The molecule has 7 heteroatoms. The summed E-state index contributed by atoms with van der Waals surface area (Å²) >= 11 is 0. The van der Waals surface area contributed by atoms with E-state index in [1.54, 1.807) is 12.1 Å². The van der Waals surface area contributed by atoms with Crippen molar-refractivity contribution in [3.8, 4) is 11.5 Å². The molecule has 0 fully saturated rings. The number of aliphatic carboxylic acids is 1. The summed E-state index contributed by atoms with van der Waals surface area (Å²) in [6.07, 6.45) is 1.39. The van der Waals surface area contributed by atoms with Gasteiger partial charge in [0.2, 0.25) is 0 Å². The second-order valence-corrected chi connectivity index (χ2v) is 8.19. The van der Waals surface area contributed by atoms with Crippen molar-refractivity contribution in [2.75, 3.05) is 12.4 Å². The lowest BCUT2D eigenvalue weighted by Crippen LogP contribution is -2.08. The predicted octanol–water partition coefficient (Wildman–Crippen LogP) is 3.31. The molecule has 0 amide bonds. The Hall–Kier alpha value is -2.80. The Labute approximate surface area is 158 Å². The summed E-state index contributed by atoms with van der Waals surface area (Å²) in [6.45, 7) is 2.76. The van der Waals surface area contributed by atoms with E-state index in [1.807, 2.05) is 31.2 Å². The SMILES string of the molecule is CCOc1cccc(COc2ccc3c(c2)C=C(C(=O)O)CCS3(=O)=O)c1. The molecule has 0 radical (unpaired) electrons. The first-order valence-corrected chi connectivity index (χ1v) is 10.2. The molecule has 1 aliphatic rings. The second kappa shape index (κ2) is 7.84. The summed E-state index contributed by atoms with van der Waals surface area (Å²) < 4.78 is 36.0. The Balaban J connectivity index is 1.85. The van der Waals surface area contributed by atoms with Crippen LogP contribution in [0.5, 0.6) is 11.5 Å². The molecule has 0 saturated heterocycles. The zero-order chi connectivity index (χ0) is 19.4. The van der Waals surface area contributed by atoms with Crippen LogP contribution in [0, 0.1) is 0 Å². The molecule has 0 aliphatic carbocycles. The lowest BCUT2D eigenvalue weighted by atomic mass is 10.1. The number of fused-ring (bicyclic) bond motifs is 1. The smallest absolute Gasteiger partial charge is 0.331 e. The minimum Gasteiger partial charge on any atom is -0.494 e. The second-order valence-electron chi connectivity index (χ2n) is 6.11. The maximum absolute atomic E-state index is 12.4. The molecule has 0 atom stereocenters. The topological polar surface area (TPSA) is 89.9 Å². The van der Waals surface area contributed by atoms with Crippen LogP contribution in [0.3, 0.4) is 0 Å². The number of benzene rings is 2. The number of carbonyl (C=O) groups is 1. The fraction of sp³-hybridized carbons (Fsp3) is 0.250. The maximum Gasteiger partial charge on any atom is 0.331 e. The molecule has 1 N–H and O–H groups in total. The lowest BCUT2D eigenvalue weighted by Gasteiger charge is -2.11. The van der Waals surface area contributed by atoms with Gasteiger partial charge in [0.05, 0.1) is 17.3 Å². The molecule has 3 rings (SSSR count). The van der Waals surface area contributed by atoms with Crippen LogP contribution in [-0.2, 0) is 21.2 Å². The largest absolute Gasteiger partial charge is 0.494 e. The highest BCUT2D eigenvalue weighted by Gasteiger charge is 2.24. The molecule has 0 bridgehead atoms. The number of sulfone groups is 1. The van der Waals surface area contributed by atoms with Crippen molar-refractivity contribution in [2.24, 2.45) is 0 Å². The van der Waals surface area contributed by atoms with Gasteiger partial charge >= 0.3 is 5.97 Å². The average molecular weight is 388 g/mol. The van der Waals surface area contributed by atoms with E-state index in [1.165, 1.54) is 12.1 Å². The number of carboxylic acid groups (broad SMARTS) is 1. The number of rotatable bonds is 6. The van der Waals surface area contributed by atoms with Crippen LogP contribution in [0.25, 0.3) is 6.08 Å². The van der Waals surface area contributed by atoms with E-state index in [-0.39, 0.29) is 29.2 Å². The third-order valence-electron chi connectivity index (χ3n) is 4.18. The first-order valence-electron chi connectivity index (χ1n) is 8.54. The quantitative estimate of drug-likeness (QED) is 0.817. The van der Waals surface area contributed by atoms with Gasteiger partial charge in [-0.1, -0.05) is 12.1 Å². The van der Waals surface area contributed by atoms with Gasteiger partial charge in [0, 0.05) is 5.57 Å². The van der Waals surface area contributed by atoms with Crippen LogP contribution in [0.1, 0.15) is 24.5 Å². The standard InChI is InChI=1S/C20H20O6S/c1-2-25-17-5-3-4-14(10-17)13-26-18-6-7-19-16(12-18)11-15(20(21)22)8-9-27(19,23)24/h3-7,10-12H,2,8-9,13H2,1H3,(H,21,22). The minimum atomic E-state index is -3.53. The summed E-state index contributed by atoms with van der Waals surface area (Å²) in [5, 5.41) is 9.24. The van der Waals surface area contributed by atoms with Gasteiger partial charge in [0.25, 0.3) is 0 Å². The summed E-state index contributed by atoms with van der Waals surface area (Å²) in [7, 11) is -3.53. The number of carboxylic acids is 1. The summed E-state index contributed by atoms with van der Waals surface area (Å²) in [4.78, 5) is 11.4. The van der Waals surface area contributed by atoms with Crippen molar-refractivity contribution in [3.63, 3.8) is 0 Å². The van der Waals surface area contributed by atoms with Gasteiger partial charge in [0.1, 0.15) is 18.1 Å². The van der Waals surface area contributed by atoms with Crippen molar-refractivity contribution >= 4 is 21.9 Å². The van der Waals surface area contributed by atoms with Crippen molar-refractivity contribution in [1.29, 1.82) is 0 Å². The highest BCUT2D eigenvalue weighted by molar-refractivity contribution is 7.91. The van der Waals surface area contributed by atoms with E-state index in [0.29, 0.717) is 17.9 Å². The molecule has 0 aromatic heterocycles. The number of hydrogen-bond donors (Lipinski definition) is 1. The van der Waals surface area contributed by atoms with E-state index >= 15 is 0 Å². The Morgan fingerprint density at radius 3 is 2.63 bits per heavy atom. The summed E-state index contributed by atoms with van der Waals surface area (Å²) in [5.41, 5.74) is 1.31. The molecule has 1 aliphatic heterocycles. The van der Waals surface area contributed by atoms with Crippen molar-refractivity contribution in [1.82, 2.24) is 0 Å². The molecule has 0 unspecified atom stereocenters. The van der Waals surface area contributed by atoms with E-state index in [0.717, 1.165) is 11.3 Å². The van der Waals surface area contributed by atoms with Gasteiger partial charge < -0.3 is 14.6 Å². The van der Waals surface area contributed by atoms with Gasteiger partial charge in [-0.05, 0) is 60.9 Å². The van der Waals surface area contributed by atoms with Crippen molar-refractivity contribution < 1.29 is 27.8 Å². The van der Waals surface area contributed by atoms with Gasteiger partial charge in [-0.2, -0.15) is 0 Å². The van der Waals surface area contributed by atoms with Crippen LogP contribution in [0.2, 0.25) is 0 Å². The van der Waals surface area contributed by atoms with E-state index in [9.17, 15) is 18.3 Å². The zero-order valence-corrected chi connectivity index (χ0v) is 15.7. The molecule has 0 saturated carbocycles. The highest BCUT2D eigenvalue weighted by Crippen LogP contribution is 2.30. The molecular formula is C20H20O6S. The van der Waals surface area contributed by atoms with Gasteiger partial charge in [-0.3, -0.25) is 0 Å².